The lowest BCUT2D eigenvalue weighted by atomic mass is 10.1. The van der Waals surface area contributed by atoms with E-state index in [0.717, 1.165) is 27.5 Å². The second-order valence-electron chi connectivity index (χ2n) is 6.57. The third-order valence-corrected chi connectivity index (χ3v) is 5.53. The van der Waals surface area contributed by atoms with Crippen molar-refractivity contribution in [3.63, 3.8) is 0 Å². The Balaban J connectivity index is 1.41. The summed E-state index contributed by atoms with van der Waals surface area (Å²) in [6.07, 6.45) is 3.21. The Hall–Kier alpha value is -2.92. The standard InChI is InChI=1S/C22H21N3OS/c1-16(17-8-4-2-5-9-17)23-21(26)13-12-19-15-27-22-24-20(14-25(19)22)18-10-6-3-7-11-18/h2-11,14-16H,12-13H2,1H3,(H,23,26). The fourth-order valence-corrected chi connectivity index (χ4v) is 4.04. The van der Waals surface area contributed by atoms with Crippen molar-refractivity contribution in [3.8, 4) is 11.3 Å². The molecule has 0 aliphatic heterocycles. The molecule has 1 N–H and O–H groups in total. The molecule has 2 heterocycles. The predicted molar refractivity (Wildman–Crippen MR) is 110 cm³/mol. The molecule has 4 rings (SSSR count). The highest BCUT2D eigenvalue weighted by atomic mass is 32.1. The van der Waals surface area contributed by atoms with E-state index in [1.807, 2.05) is 55.5 Å². The highest BCUT2D eigenvalue weighted by Gasteiger charge is 2.13. The largest absolute Gasteiger partial charge is 0.350 e. The summed E-state index contributed by atoms with van der Waals surface area (Å²) >= 11 is 1.61. The lowest BCUT2D eigenvalue weighted by Gasteiger charge is -2.14. The topological polar surface area (TPSA) is 46.4 Å². The van der Waals surface area contributed by atoms with E-state index in [9.17, 15) is 4.79 Å². The van der Waals surface area contributed by atoms with Gasteiger partial charge in [-0.3, -0.25) is 9.20 Å². The first-order valence-electron chi connectivity index (χ1n) is 9.06. The van der Waals surface area contributed by atoms with Crippen LogP contribution in [0.3, 0.4) is 0 Å². The molecule has 2 aromatic carbocycles. The molecular weight excluding hydrogens is 354 g/mol. The first-order chi connectivity index (χ1) is 13.2. The minimum absolute atomic E-state index is 0.0131. The molecule has 0 spiro atoms. The highest BCUT2D eigenvalue weighted by Crippen LogP contribution is 2.24. The van der Waals surface area contributed by atoms with Gasteiger partial charge < -0.3 is 5.32 Å². The number of rotatable bonds is 6. The van der Waals surface area contributed by atoms with Crippen molar-refractivity contribution in [2.75, 3.05) is 0 Å². The van der Waals surface area contributed by atoms with Gasteiger partial charge in [0.1, 0.15) is 0 Å². The number of aryl methyl sites for hydroxylation is 1. The number of fused-ring (bicyclic) bond motifs is 1. The molecule has 2 aromatic heterocycles. The Morgan fingerprint density at radius 3 is 2.56 bits per heavy atom. The van der Waals surface area contributed by atoms with Crippen LogP contribution < -0.4 is 5.32 Å². The number of benzene rings is 2. The van der Waals surface area contributed by atoms with E-state index in [-0.39, 0.29) is 11.9 Å². The molecular formula is C22H21N3OS. The molecule has 1 atom stereocenters. The maximum absolute atomic E-state index is 12.4. The number of hydrogen-bond donors (Lipinski definition) is 1. The molecule has 5 heteroatoms. The van der Waals surface area contributed by atoms with Crippen LogP contribution >= 0.6 is 11.3 Å². The first kappa shape index (κ1) is 17.5. The average molecular weight is 375 g/mol. The summed E-state index contributed by atoms with van der Waals surface area (Å²) in [6, 6.07) is 20.2. The first-order valence-corrected chi connectivity index (χ1v) is 9.94. The van der Waals surface area contributed by atoms with Crippen molar-refractivity contribution >= 4 is 22.2 Å². The number of thiazole rings is 1. The summed E-state index contributed by atoms with van der Waals surface area (Å²) in [5.74, 6) is 0.0640. The van der Waals surface area contributed by atoms with Crippen molar-refractivity contribution in [2.45, 2.75) is 25.8 Å². The number of amides is 1. The van der Waals surface area contributed by atoms with Crippen molar-refractivity contribution in [1.29, 1.82) is 0 Å². The van der Waals surface area contributed by atoms with Gasteiger partial charge >= 0.3 is 0 Å². The smallest absolute Gasteiger partial charge is 0.220 e. The molecule has 27 heavy (non-hydrogen) atoms. The van der Waals surface area contributed by atoms with Crippen LogP contribution in [0.5, 0.6) is 0 Å². The monoisotopic (exact) mass is 375 g/mol. The van der Waals surface area contributed by atoms with Crippen LogP contribution in [0.1, 0.15) is 30.6 Å². The molecule has 0 bridgehead atoms. The summed E-state index contributed by atoms with van der Waals surface area (Å²) in [6.45, 7) is 2.01. The van der Waals surface area contributed by atoms with Gasteiger partial charge in [-0.25, -0.2) is 4.98 Å². The van der Waals surface area contributed by atoms with Crippen molar-refractivity contribution in [2.24, 2.45) is 0 Å². The van der Waals surface area contributed by atoms with E-state index in [4.69, 9.17) is 4.98 Å². The van der Waals surface area contributed by atoms with Crippen molar-refractivity contribution in [1.82, 2.24) is 14.7 Å². The minimum Gasteiger partial charge on any atom is -0.350 e. The summed E-state index contributed by atoms with van der Waals surface area (Å²) in [5.41, 5.74) is 4.30. The molecule has 0 saturated heterocycles. The Labute approximate surface area is 162 Å². The number of imidazole rings is 1. The molecule has 0 saturated carbocycles. The molecule has 0 radical (unpaired) electrons. The van der Waals surface area contributed by atoms with E-state index >= 15 is 0 Å². The van der Waals surface area contributed by atoms with Gasteiger partial charge in [0.25, 0.3) is 0 Å². The molecule has 4 nitrogen and oxygen atoms in total. The van der Waals surface area contributed by atoms with Gasteiger partial charge in [-0.05, 0) is 18.9 Å². The van der Waals surface area contributed by atoms with Crippen LogP contribution in [-0.2, 0) is 11.2 Å². The van der Waals surface area contributed by atoms with Gasteiger partial charge in [-0.1, -0.05) is 60.7 Å². The van der Waals surface area contributed by atoms with Gasteiger partial charge in [-0.15, -0.1) is 11.3 Å². The zero-order valence-corrected chi connectivity index (χ0v) is 15.9. The summed E-state index contributed by atoms with van der Waals surface area (Å²) in [4.78, 5) is 18.0. The summed E-state index contributed by atoms with van der Waals surface area (Å²) in [7, 11) is 0. The zero-order chi connectivity index (χ0) is 18.6. The van der Waals surface area contributed by atoms with E-state index in [1.54, 1.807) is 11.3 Å². The maximum Gasteiger partial charge on any atom is 0.220 e. The number of nitrogens with zero attached hydrogens (tertiary/aromatic N) is 2. The predicted octanol–water partition coefficient (Wildman–Crippen LogP) is 4.87. The third-order valence-electron chi connectivity index (χ3n) is 4.64. The average Bonchev–Trinajstić information content (AvgIpc) is 3.29. The summed E-state index contributed by atoms with van der Waals surface area (Å²) < 4.78 is 2.10. The fourth-order valence-electron chi connectivity index (χ4n) is 3.14. The van der Waals surface area contributed by atoms with Crippen LogP contribution in [0.25, 0.3) is 16.2 Å². The highest BCUT2D eigenvalue weighted by molar-refractivity contribution is 7.15. The molecule has 1 unspecified atom stereocenters. The summed E-state index contributed by atoms with van der Waals surface area (Å²) in [5, 5.41) is 5.17. The van der Waals surface area contributed by atoms with Crippen molar-refractivity contribution < 1.29 is 4.79 Å². The number of carbonyl (C=O) groups excluding carboxylic acids is 1. The molecule has 0 fully saturated rings. The Morgan fingerprint density at radius 1 is 1.11 bits per heavy atom. The molecule has 0 aliphatic rings. The van der Waals surface area contributed by atoms with Crippen LogP contribution in [0, 0.1) is 0 Å². The van der Waals surface area contributed by atoms with Gasteiger partial charge in [-0.2, -0.15) is 0 Å². The Bertz CT molecular complexity index is 1040. The lowest BCUT2D eigenvalue weighted by Crippen LogP contribution is -2.26. The quantitative estimate of drug-likeness (QED) is 0.522. The van der Waals surface area contributed by atoms with Crippen LogP contribution in [0.15, 0.2) is 72.2 Å². The zero-order valence-electron chi connectivity index (χ0n) is 15.1. The second-order valence-corrected chi connectivity index (χ2v) is 7.41. The number of aromatic nitrogens is 2. The van der Waals surface area contributed by atoms with E-state index in [1.165, 1.54) is 0 Å². The Kier molecular flexibility index (Phi) is 5.03. The number of carbonyl (C=O) groups is 1. The van der Waals surface area contributed by atoms with Gasteiger partial charge in [0.2, 0.25) is 5.91 Å². The van der Waals surface area contributed by atoms with Crippen LogP contribution in [0.4, 0.5) is 0 Å². The second kappa shape index (κ2) is 7.76. The number of nitrogens with one attached hydrogen (secondary N) is 1. The maximum atomic E-state index is 12.4. The van der Waals surface area contributed by atoms with E-state index in [0.29, 0.717) is 12.8 Å². The minimum atomic E-state index is 0.0131. The van der Waals surface area contributed by atoms with Crippen LogP contribution in [-0.4, -0.2) is 15.3 Å². The van der Waals surface area contributed by atoms with E-state index in [2.05, 4.69) is 33.4 Å². The van der Waals surface area contributed by atoms with Gasteiger partial charge in [0.15, 0.2) is 4.96 Å². The van der Waals surface area contributed by atoms with Crippen LogP contribution in [0.2, 0.25) is 0 Å². The van der Waals surface area contributed by atoms with Crippen molar-refractivity contribution in [3.05, 3.63) is 83.5 Å². The van der Waals surface area contributed by atoms with E-state index < -0.39 is 0 Å². The molecule has 4 aromatic rings. The fraction of sp³-hybridized carbons (Fsp3) is 0.182. The van der Waals surface area contributed by atoms with Gasteiger partial charge in [0.05, 0.1) is 11.7 Å². The third kappa shape index (κ3) is 3.93. The number of hydrogen-bond acceptors (Lipinski definition) is 3. The SMILES string of the molecule is CC(NC(=O)CCc1csc2nc(-c3ccccc3)cn12)c1ccccc1. The molecule has 0 aliphatic carbocycles. The molecule has 1 amide bonds. The van der Waals surface area contributed by atoms with Gasteiger partial charge in [0, 0.05) is 29.3 Å². The lowest BCUT2D eigenvalue weighted by molar-refractivity contribution is -0.121. The normalized spacial score (nSPS) is 12.2. The Morgan fingerprint density at radius 2 is 1.81 bits per heavy atom. The molecule has 136 valence electrons.